The van der Waals surface area contributed by atoms with Crippen LogP contribution in [0.5, 0.6) is 5.88 Å². The number of aromatic nitrogens is 2. The van der Waals surface area contributed by atoms with Gasteiger partial charge in [-0.2, -0.15) is 4.98 Å². The molecule has 0 spiro atoms. The van der Waals surface area contributed by atoms with Gasteiger partial charge in [-0.25, -0.2) is 18.5 Å². The topological polar surface area (TPSA) is 107 Å². The van der Waals surface area contributed by atoms with Crippen LogP contribution in [0.15, 0.2) is 41.4 Å². The van der Waals surface area contributed by atoms with Crippen LogP contribution >= 0.6 is 0 Å². The Hall–Kier alpha value is -2.19. The summed E-state index contributed by atoms with van der Waals surface area (Å²) in [6, 6.07) is 7.96. The van der Waals surface area contributed by atoms with E-state index in [0.29, 0.717) is 25.0 Å². The van der Waals surface area contributed by atoms with Crippen molar-refractivity contribution in [2.24, 2.45) is 5.14 Å². The molecule has 0 aliphatic rings. The molecular formula is C13H16N4O3S. The van der Waals surface area contributed by atoms with Gasteiger partial charge in [0, 0.05) is 18.8 Å². The van der Waals surface area contributed by atoms with Crippen molar-refractivity contribution in [3.05, 3.63) is 42.1 Å². The van der Waals surface area contributed by atoms with Gasteiger partial charge in [0.05, 0.1) is 11.5 Å². The van der Waals surface area contributed by atoms with Crippen LogP contribution < -0.4 is 15.2 Å². The number of nitrogens with zero attached hydrogens (tertiary/aromatic N) is 2. The normalized spacial score (nSPS) is 11.1. The van der Waals surface area contributed by atoms with E-state index >= 15 is 0 Å². The Bertz CT molecular complexity index is 702. The third kappa shape index (κ3) is 4.40. The Kier molecular flexibility index (Phi) is 4.71. The van der Waals surface area contributed by atoms with Crippen molar-refractivity contribution < 1.29 is 13.2 Å². The summed E-state index contributed by atoms with van der Waals surface area (Å²) in [5.74, 6) is 0.941. The second-order valence-electron chi connectivity index (χ2n) is 4.19. The lowest BCUT2D eigenvalue weighted by atomic mass is 10.2. The fraction of sp³-hybridized carbons (Fsp3) is 0.231. The molecule has 112 valence electrons. The highest BCUT2D eigenvalue weighted by molar-refractivity contribution is 7.89. The average molecular weight is 308 g/mol. The van der Waals surface area contributed by atoms with Gasteiger partial charge in [0.25, 0.3) is 0 Å². The number of hydrogen-bond donors (Lipinski definition) is 2. The first-order valence-corrected chi connectivity index (χ1v) is 7.85. The van der Waals surface area contributed by atoms with Gasteiger partial charge >= 0.3 is 0 Å². The van der Waals surface area contributed by atoms with Gasteiger partial charge < -0.3 is 10.1 Å². The molecule has 0 aliphatic heterocycles. The molecule has 0 radical (unpaired) electrons. The molecule has 0 saturated heterocycles. The highest BCUT2D eigenvalue weighted by Crippen LogP contribution is 2.12. The van der Waals surface area contributed by atoms with E-state index in [4.69, 9.17) is 9.88 Å². The average Bonchev–Trinajstić information content (AvgIpc) is 2.45. The van der Waals surface area contributed by atoms with Gasteiger partial charge in [-0.05, 0) is 24.6 Å². The number of nitrogens with one attached hydrogen (secondary N) is 1. The summed E-state index contributed by atoms with van der Waals surface area (Å²) in [6.45, 7) is 2.87. The van der Waals surface area contributed by atoms with Crippen LogP contribution in [-0.2, 0) is 16.6 Å². The Balaban J connectivity index is 2.01. The number of sulfonamides is 1. The summed E-state index contributed by atoms with van der Waals surface area (Å²) >= 11 is 0. The van der Waals surface area contributed by atoms with Gasteiger partial charge in [0.2, 0.25) is 21.9 Å². The molecule has 1 aromatic carbocycles. The van der Waals surface area contributed by atoms with Crippen molar-refractivity contribution in [3.63, 3.8) is 0 Å². The summed E-state index contributed by atoms with van der Waals surface area (Å²) in [5.41, 5.74) is 0.882. The molecule has 0 aliphatic carbocycles. The molecular weight excluding hydrogens is 292 g/mol. The minimum Gasteiger partial charge on any atom is -0.478 e. The fourth-order valence-corrected chi connectivity index (χ4v) is 2.15. The molecule has 0 bridgehead atoms. The lowest BCUT2D eigenvalue weighted by molar-refractivity contribution is 0.326. The van der Waals surface area contributed by atoms with Gasteiger partial charge in [0.1, 0.15) is 0 Å². The van der Waals surface area contributed by atoms with E-state index in [0.717, 1.165) is 5.56 Å². The summed E-state index contributed by atoms with van der Waals surface area (Å²) < 4.78 is 27.6. The number of anilines is 1. The fourth-order valence-electron chi connectivity index (χ4n) is 1.63. The molecule has 8 heteroatoms. The Labute approximate surface area is 123 Å². The lowest BCUT2D eigenvalue weighted by Gasteiger charge is -2.07. The van der Waals surface area contributed by atoms with Crippen molar-refractivity contribution >= 4 is 16.0 Å². The third-order valence-corrected chi connectivity index (χ3v) is 3.55. The zero-order chi connectivity index (χ0) is 15.3. The van der Waals surface area contributed by atoms with Crippen LogP contribution in [0.25, 0.3) is 0 Å². The predicted octanol–water partition coefficient (Wildman–Crippen LogP) is 1.13. The maximum absolute atomic E-state index is 11.2. The number of benzene rings is 1. The molecule has 21 heavy (non-hydrogen) atoms. The molecule has 2 rings (SSSR count). The zero-order valence-corrected chi connectivity index (χ0v) is 12.3. The molecule has 3 N–H and O–H groups in total. The van der Waals surface area contributed by atoms with E-state index < -0.39 is 10.0 Å². The van der Waals surface area contributed by atoms with E-state index in [1.807, 2.05) is 6.92 Å². The van der Waals surface area contributed by atoms with Gasteiger partial charge in [-0.1, -0.05) is 12.1 Å². The molecule has 0 atom stereocenters. The number of rotatable bonds is 6. The quantitative estimate of drug-likeness (QED) is 0.828. The molecule has 1 heterocycles. The van der Waals surface area contributed by atoms with Crippen LogP contribution in [0.2, 0.25) is 0 Å². The second kappa shape index (κ2) is 6.51. The van der Waals surface area contributed by atoms with E-state index in [1.165, 1.54) is 12.1 Å². The van der Waals surface area contributed by atoms with Crippen molar-refractivity contribution in [1.82, 2.24) is 9.97 Å². The summed E-state index contributed by atoms with van der Waals surface area (Å²) in [4.78, 5) is 8.33. The lowest BCUT2D eigenvalue weighted by Crippen LogP contribution is -2.12. The largest absolute Gasteiger partial charge is 0.478 e. The van der Waals surface area contributed by atoms with Crippen LogP contribution in [0, 0.1) is 0 Å². The Morgan fingerprint density at radius 3 is 2.57 bits per heavy atom. The van der Waals surface area contributed by atoms with Gasteiger partial charge in [-0.15, -0.1) is 0 Å². The van der Waals surface area contributed by atoms with Crippen molar-refractivity contribution in [2.75, 3.05) is 11.9 Å². The predicted molar refractivity (Wildman–Crippen MR) is 78.3 cm³/mol. The summed E-state index contributed by atoms with van der Waals surface area (Å²) in [7, 11) is -3.66. The van der Waals surface area contributed by atoms with Gasteiger partial charge in [-0.3, -0.25) is 0 Å². The van der Waals surface area contributed by atoms with E-state index in [1.54, 1.807) is 24.4 Å². The van der Waals surface area contributed by atoms with Crippen LogP contribution in [0.3, 0.4) is 0 Å². The standard InChI is InChI=1S/C13H16N4O3S/c1-2-20-12-7-8-15-13(17-12)16-9-10-3-5-11(6-4-10)21(14,18)19/h3-8H,2,9H2,1H3,(H2,14,18,19)(H,15,16,17). The minimum absolute atomic E-state index is 0.0841. The molecule has 0 amide bonds. The first kappa shape index (κ1) is 15.2. The summed E-state index contributed by atoms with van der Waals surface area (Å²) in [6.07, 6.45) is 1.60. The Morgan fingerprint density at radius 1 is 1.24 bits per heavy atom. The second-order valence-corrected chi connectivity index (χ2v) is 5.76. The van der Waals surface area contributed by atoms with E-state index in [9.17, 15) is 8.42 Å². The Morgan fingerprint density at radius 2 is 1.95 bits per heavy atom. The van der Waals surface area contributed by atoms with Crippen molar-refractivity contribution in [3.8, 4) is 5.88 Å². The van der Waals surface area contributed by atoms with Crippen LogP contribution in [0.4, 0.5) is 5.95 Å². The van der Waals surface area contributed by atoms with Crippen LogP contribution in [0.1, 0.15) is 12.5 Å². The van der Waals surface area contributed by atoms with E-state index in [2.05, 4.69) is 15.3 Å². The molecule has 2 aromatic rings. The first-order valence-electron chi connectivity index (χ1n) is 6.30. The van der Waals surface area contributed by atoms with Crippen molar-refractivity contribution in [1.29, 1.82) is 0 Å². The maximum Gasteiger partial charge on any atom is 0.238 e. The van der Waals surface area contributed by atoms with Crippen molar-refractivity contribution in [2.45, 2.75) is 18.4 Å². The highest BCUT2D eigenvalue weighted by atomic mass is 32.2. The van der Waals surface area contributed by atoms with Gasteiger partial charge in [0.15, 0.2) is 0 Å². The smallest absolute Gasteiger partial charge is 0.238 e. The number of hydrogen-bond acceptors (Lipinski definition) is 6. The zero-order valence-electron chi connectivity index (χ0n) is 11.5. The number of nitrogens with two attached hydrogens (primary N) is 1. The molecule has 7 nitrogen and oxygen atoms in total. The number of ether oxygens (including phenoxy) is 1. The monoisotopic (exact) mass is 308 g/mol. The third-order valence-electron chi connectivity index (χ3n) is 2.62. The SMILES string of the molecule is CCOc1ccnc(NCc2ccc(S(N)(=O)=O)cc2)n1. The maximum atomic E-state index is 11.2. The molecule has 0 fully saturated rings. The summed E-state index contributed by atoms with van der Waals surface area (Å²) in [5, 5.41) is 8.07. The first-order chi connectivity index (χ1) is 9.99. The number of primary sulfonamides is 1. The minimum atomic E-state index is -3.66. The molecule has 0 unspecified atom stereocenters. The highest BCUT2D eigenvalue weighted by Gasteiger charge is 2.06. The molecule has 0 saturated carbocycles. The van der Waals surface area contributed by atoms with E-state index in [-0.39, 0.29) is 4.90 Å². The van der Waals surface area contributed by atoms with Crippen LogP contribution in [-0.4, -0.2) is 25.0 Å². The molecule has 1 aromatic heterocycles.